The molecule has 88 valence electrons. The third kappa shape index (κ3) is 3.86. The van der Waals surface area contributed by atoms with E-state index in [1.165, 1.54) is 0 Å². The van der Waals surface area contributed by atoms with Gasteiger partial charge in [0.25, 0.3) is 0 Å². The van der Waals surface area contributed by atoms with Gasteiger partial charge < -0.3 is 4.74 Å². The molecule has 0 aromatic heterocycles. The third-order valence-electron chi connectivity index (χ3n) is 1.93. The number of rotatable bonds is 5. The van der Waals surface area contributed by atoms with Gasteiger partial charge in [-0.15, -0.1) is 0 Å². The van der Waals surface area contributed by atoms with Crippen molar-refractivity contribution >= 4 is 53.6 Å². The van der Waals surface area contributed by atoms with E-state index in [1.54, 1.807) is 19.1 Å². The molecule has 0 N–H and O–H groups in total. The van der Waals surface area contributed by atoms with Crippen LogP contribution in [-0.4, -0.2) is 17.7 Å². The van der Waals surface area contributed by atoms with Crippen molar-refractivity contribution in [2.45, 2.75) is 13.3 Å². The Kier molecular flexibility index (Phi) is 6.00. The summed E-state index contributed by atoms with van der Waals surface area (Å²) in [5, 5.41) is 0.910. The SMILES string of the molecule is CC(=O)c1cc(Br)c(OCCCBr)c(Br)c1. The van der Waals surface area contributed by atoms with Crippen molar-refractivity contribution in [3.63, 3.8) is 0 Å². The van der Waals surface area contributed by atoms with Gasteiger partial charge in [0, 0.05) is 10.9 Å². The van der Waals surface area contributed by atoms with E-state index in [2.05, 4.69) is 47.8 Å². The molecular weight excluding hydrogens is 404 g/mol. The van der Waals surface area contributed by atoms with E-state index in [0.717, 1.165) is 26.4 Å². The first-order chi connectivity index (χ1) is 7.56. The normalized spacial score (nSPS) is 10.2. The molecule has 0 radical (unpaired) electrons. The lowest BCUT2D eigenvalue weighted by atomic mass is 10.1. The lowest BCUT2D eigenvalue weighted by molar-refractivity contribution is 0.101. The van der Waals surface area contributed by atoms with Crippen LogP contribution in [0.15, 0.2) is 21.1 Å². The lowest BCUT2D eigenvalue weighted by Crippen LogP contribution is -2.01. The number of halogens is 3. The van der Waals surface area contributed by atoms with Crippen LogP contribution in [0.2, 0.25) is 0 Å². The Hall–Kier alpha value is 0.130. The number of Topliss-reactive ketones (excluding diaryl/α,β-unsaturated/α-hetero) is 1. The number of ether oxygens (including phenoxy) is 1. The van der Waals surface area contributed by atoms with Crippen LogP contribution in [0.1, 0.15) is 23.7 Å². The molecule has 0 aliphatic rings. The minimum Gasteiger partial charge on any atom is -0.491 e. The highest BCUT2D eigenvalue weighted by Crippen LogP contribution is 2.35. The zero-order valence-corrected chi connectivity index (χ0v) is 13.5. The summed E-state index contributed by atoms with van der Waals surface area (Å²) in [7, 11) is 0. The van der Waals surface area contributed by atoms with Crippen LogP contribution in [0.5, 0.6) is 5.75 Å². The molecule has 1 rings (SSSR count). The van der Waals surface area contributed by atoms with E-state index >= 15 is 0 Å². The molecule has 1 aromatic carbocycles. The van der Waals surface area contributed by atoms with Crippen LogP contribution in [0, 0.1) is 0 Å². The van der Waals surface area contributed by atoms with Crippen LogP contribution >= 0.6 is 47.8 Å². The highest BCUT2D eigenvalue weighted by atomic mass is 79.9. The zero-order chi connectivity index (χ0) is 12.1. The molecule has 0 saturated carbocycles. The van der Waals surface area contributed by atoms with E-state index < -0.39 is 0 Å². The number of hydrogen-bond acceptors (Lipinski definition) is 2. The van der Waals surface area contributed by atoms with Crippen LogP contribution in [0.25, 0.3) is 0 Å². The van der Waals surface area contributed by atoms with E-state index in [0.29, 0.717) is 12.2 Å². The van der Waals surface area contributed by atoms with Crippen LogP contribution in [0.3, 0.4) is 0 Å². The fraction of sp³-hybridized carbons (Fsp3) is 0.364. The predicted molar refractivity (Wildman–Crippen MR) is 75.8 cm³/mol. The molecule has 16 heavy (non-hydrogen) atoms. The van der Waals surface area contributed by atoms with Gasteiger partial charge >= 0.3 is 0 Å². The Morgan fingerprint density at radius 1 is 1.31 bits per heavy atom. The van der Waals surface area contributed by atoms with Crippen molar-refractivity contribution in [1.29, 1.82) is 0 Å². The summed E-state index contributed by atoms with van der Waals surface area (Å²) in [6.45, 7) is 2.18. The second-order valence-corrected chi connectivity index (χ2v) is 5.72. The summed E-state index contributed by atoms with van der Waals surface area (Å²) in [5.41, 5.74) is 0.659. The molecule has 0 aliphatic carbocycles. The Balaban J connectivity index is 2.89. The first kappa shape index (κ1) is 14.2. The Bertz CT molecular complexity index is 368. The number of alkyl halides is 1. The highest BCUT2D eigenvalue weighted by Gasteiger charge is 2.10. The fourth-order valence-corrected chi connectivity index (χ4v) is 2.77. The molecule has 2 nitrogen and oxygen atoms in total. The molecule has 0 fully saturated rings. The minimum absolute atomic E-state index is 0.0356. The van der Waals surface area contributed by atoms with Crippen molar-refractivity contribution in [2.24, 2.45) is 0 Å². The van der Waals surface area contributed by atoms with Gasteiger partial charge in [0.2, 0.25) is 0 Å². The molecular formula is C11H11Br3O2. The summed E-state index contributed by atoms with van der Waals surface area (Å²) >= 11 is 10.1. The number of carbonyl (C=O) groups is 1. The van der Waals surface area contributed by atoms with Crippen LogP contribution in [0.4, 0.5) is 0 Å². The summed E-state index contributed by atoms with van der Waals surface area (Å²) in [6, 6.07) is 3.55. The second-order valence-electron chi connectivity index (χ2n) is 3.22. The summed E-state index contributed by atoms with van der Waals surface area (Å²) in [5.74, 6) is 0.777. The average molecular weight is 415 g/mol. The standard InChI is InChI=1S/C11H11Br3O2/c1-7(15)8-5-9(13)11(10(14)6-8)16-4-2-3-12/h5-6H,2-4H2,1H3. The maximum atomic E-state index is 11.2. The van der Waals surface area contributed by atoms with Crippen molar-refractivity contribution in [2.75, 3.05) is 11.9 Å². The molecule has 0 bridgehead atoms. The van der Waals surface area contributed by atoms with Crippen molar-refractivity contribution in [3.05, 3.63) is 26.6 Å². The summed E-state index contributed by atoms with van der Waals surface area (Å²) < 4.78 is 7.19. The smallest absolute Gasteiger partial charge is 0.159 e. The number of carbonyl (C=O) groups excluding carboxylic acids is 1. The second kappa shape index (κ2) is 6.77. The van der Waals surface area contributed by atoms with Crippen LogP contribution < -0.4 is 4.74 Å². The summed E-state index contributed by atoms with van der Waals surface area (Å²) in [6.07, 6.45) is 0.938. The zero-order valence-electron chi connectivity index (χ0n) is 8.73. The van der Waals surface area contributed by atoms with E-state index in [-0.39, 0.29) is 5.78 Å². The first-order valence-corrected chi connectivity index (χ1v) is 7.45. The fourth-order valence-electron chi connectivity index (χ4n) is 1.13. The molecule has 0 unspecified atom stereocenters. The van der Waals surface area contributed by atoms with Gasteiger partial charge in [-0.2, -0.15) is 0 Å². The molecule has 0 saturated heterocycles. The van der Waals surface area contributed by atoms with Gasteiger partial charge in [0.15, 0.2) is 5.78 Å². The molecule has 0 atom stereocenters. The van der Waals surface area contributed by atoms with Gasteiger partial charge in [-0.05, 0) is 57.3 Å². The van der Waals surface area contributed by atoms with E-state index in [9.17, 15) is 4.79 Å². The van der Waals surface area contributed by atoms with Crippen LogP contribution in [-0.2, 0) is 0 Å². The monoisotopic (exact) mass is 412 g/mol. The van der Waals surface area contributed by atoms with Gasteiger partial charge in [0.05, 0.1) is 15.6 Å². The lowest BCUT2D eigenvalue weighted by Gasteiger charge is -2.10. The molecule has 0 spiro atoms. The molecule has 0 amide bonds. The summed E-state index contributed by atoms with van der Waals surface area (Å²) in [4.78, 5) is 11.2. The van der Waals surface area contributed by atoms with E-state index in [4.69, 9.17) is 4.74 Å². The minimum atomic E-state index is 0.0356. The van der Waals surface area contributed by atoms with Crippen molar-refractivity contribution in [3.8, 4) is 5.75 Å². The molecule has 5 heteroatoms. The third-order valence-corrected chi connectivity index (χ3v) is 3.67. The van der Waals surface area contributed by atoms with Crippen molar-refractivity contribution in [1.82, 2.24) is 0 Å². The van der Waals surface area contributed by atoms with Gasteiger partial charge in [-0.25, -0.2) is 0 Å². The maximum absolute atomic E-state index is 11.2. The average Bonchev–Trinajstić information content (AvgIpc) is 2.21. The Labute approximate surface area is 120 Å². The highest BCUT2D eigenvalue weighted by molar-refractivity contribution is 9.11. The Morgan fingerprint density at radius 3 is 2.31 bits per heavy atom. The molecule has 1 aromatic rings. The number of ketones is 1. The number of benzene rings is 1. The quantitative estimate of drug-likeness (QED) is 0.400. The molecule has 0 heterocycles. The predicted octanol–water partition coefficient (Wildman–Crippen LogP) is 4.58. The number of hydrogen-bond donors (Lipinski definition) is 0. The molecule has 0 aliphatic heterocycles. The topological polar surface area (TPSA) is 26.3 Å². The maximum Gasteiger partial charge on any atom is 0.159 e. The van der Waals surface area contributed by atoms with E-state index in [1.807, 2.05) is 0 Å². The van der Waals surface area contributed by atoms with Crippen molar-refractivity contribution < 1.29 is 9.53 Å². The largest absolute Gasteiger partial charge is 0.491 e. The van der Waals surface area contributed by atoms with Gasteiger partial charge in [-0.3, -0.25) is 4.79 Å². The van der Waals surface area contributed by atoms with Gasteiger partial charge in [0.1, 0.15) is 5.75 Å². The van der Waals surface area contributed by atoms with Gasteiger partial charge in [-0.1, -0.05) is 15.9 Å². The Morgan fingerprint density at radius 2 is 1.88 bits per heavy atom. The first-order valence-electron chi connectivity index (χ1n) is 4.75.